The van der Waals surface area contributed by atoms with Gasteiger partial charge in [-0.3, -0.25) is 0 Å². The number of carboxylic acid groups (broad SMARTS) is 1. The number of aliphatic carboxylic acids is 1. The average Bonchev–Trinajstić information content (AvgIpc) is 2.88. The van der Waals surface area contributed by atoms with Gasteiger partial charge >= 0.3 is 12.0 Å². The van der Waals surface area contributed by atoms with E-state index in [1.54, 1.807) is 17.4 Å². The van der Waals surface area contributed by atoms with Crippen LogP contribution in [0.15, 0.2) is 18.2 Å². The maximum Gasteiger partial charge on any atom is 0.337 e. The highest BCUT2D eigenvalue weighted by Crippen LogP contribution is 2.29. The molecule has 0 aliphatic carbocycles. The summed E-state index contributed by atoms with van der Waals surface area (Å²) in [5.74, 6) is -1.06. The van der Waals surface area contributed by atoms with Crippen molar-refractivity contribution in [3.63, 3.8) is 0 Å². The Kier molecular flexibility index (Phi) is 4.86. The number of carboxylic acids is 1. The number of nitrogens with zero attached hydrogens (tertiary/aromatic N) is 1. The number of rotatable bonds is 5. The Morgan fingerprint density at radius 1 is 1.39 bits per heavy atom. The first-order chi connectivity index (χ1) is 10.7. The van der Waals surface area contributed by atoms with Crippen molar-refractivity contribution in [1.82, 2.24) is 10.3 Å². The van der Waals surface area contributed by atoms with Crippen LogP contribution in [0.5, 0.6) is 0 Å². The van der Waals surface area contributed by atoms with E-state index in [4.69, 9.17) is 5.11 Å². The Balaban J connectivity index is 2.03. The highest BCUT2D eigenvalue weighted by molar-refractivity contribution is 7.18. The Bertz CT molecular complexity index is 739. The summed E-state index contributed by atoms with van der Waals surface area (Å²) in [4.78, 5) is 27.1. The zero-order valence-electron chi connectivity index (χ0n) is 13.1. The summed E-state index contributed by atoms with van der Waals surface area (Å²) in [6.45, 7) is 4.86. The molecule has 0 fully saturated rings. The molecule has 0 bridgehead atoms. The second kappa shape index (κ2) is 6.51. The molecule has 124 valence electrons. The molecule has 8 heteroatoms. The third kappa shape index (κ3) is 4.17. The average molecular weight is 337 g/mol. The fourth-order valence-electron chi connectivity index (χ4n) is 1.77. The maximum atomic E-state index is 11.8. The molecule has 1 unspecified atom stereocenters. The number of urea groups is 1. The molecule has 1 aromatic heterocycles. The maximum absolute atomic E-state index is 11.8. The quantitative estimate of drug-likeness (QED) is 0.669. The van der Waals surface area contributed by atoms with E-state index in [2.05, 4.69) is 29.5 Å². The molecule has 0 aliphatic heterocycles. The lowest BCUT2D eigenvalue weighted by atomic mass is 10.1. The number of carbonyl (C=O) groups is 2. The highest BCUT2D eigenvalue weighted by atomic mass is 32.1. The molecule has 4 N–H and O–H groups in total. The first kappa shape index (κ1) is 17.2. The van der Waals surface area contributed by atoms with Crippen LogP contribution < -0.4 is 10.6 Å². The Morgan fingerprint density at radius 3 is 2.70 bits per heavy atom. The molecule has 0 spiro atoms. The van der Waals surface area contributed by atoms with Crippen LogP contribution in [0.1, 0.15) is 31.7 Å². The number of aliphatic hydroxyl groups is 1. The number of benzene rings is 1. The van der Waals surface area contributed by atoms with Crippen molar-refractivity contribution in [3.05, 3.63) is 23.2 Å². The summed E-state index contributed by atoms with van der Waals surface area (Å²) >= 11 is 1.57. The number of hydrogen-bond acceptors (Lipinski definition) is 5. The summed E-state index contributed by atoms with van der Waals surface area (Å²) in [7, 11) is 0. The minimum absolute atomic E-state index is 0.338. The van der Waals surface area contributed by atoms with Gasteiger partial charge in [0.05, 0.1) is 21.8 Å². The summed E-state index contributed by atoms with van der Waals surface area (Å²) in [5, 5.41) is 24.3. The number of aromatic nitrogens is 1. The van der Waals surface area contributed by atoms with E-state index in [9.17, 15) is 14.7 Å². The molecule has 7 nitrogen and oxygen atoms in total. The summed E-state index contributed by atoms with van der Waals surface area (Å²) in [6.07, 6.45) is 0. The number of carbonyl (C=O) groups excluding carboxylic acids is 1. The van der Waals surface area contributed by atoms with Crippen LogP contribution >= 0.6 is 11.3 Å². The monoisotopic (exact) mass is 337 g/mol. The Morgan fingerprint density at radius 2 is 2.09 bits per heavy atom. The molecule has 2 aromatic rings. The van der Waals surface area contributed by atoms with E-state index in [0.29, 0.717) is 11.6 Å². The van der Waals surface area contributed by atoms with Crippen LogP contribution in [0, 0.1) is 0 Å². The molecule has 0 aliphatic rings. The second-order valence-corrected chi connectivity index (χ2v) is 6.84. The molecule has 2 rings (SSSR count). The zero-order valence-corrected chi connectivity index (χ0v) is 13.9. The van der Waals surface area contributed by atoms with E-state index >= 15 is 0 Å². The van der Waals surface area contributed by atoms with Gasteiger partial charge < -0.3 is 20.8 Å². The SMILES string of the molecule is CC(C)c1nc2ccc(NC(=O)NCC(C)(O)C(=O)O)cc2s1. The molecule has 1 aromatic carbocycles. The van der Waals surface area contributed by atoms with E-state index in [0.717, 1.165) is 22.1 Å². The third-order valence-corrected chi connectivity index (χ3v) is 4.53. The van der Waals surface area contributed by atoms with E-state index < -0.39 is 24.1 Å². The van der Waals surface area contributed by atoms with Gasteiger partial charge in [-0.05, 0) is 25.1 Å². The van der Waals surface area contributed by atoms with Crippen LogP contribution in [0.2, 0.25) is 0 Å². The van der Waals surface area contributed by atoms with Crippen molar-refractivity contribution in [1.29, 1.82) is 0 Å². The van der Waals surface area contributed by atoms with Crippen molar-refractivity contribution >= 4 is 39.2 Å². The highest BCUT2D eigenvalue weighted by Gasteiger charge is 2.30. The Labute approximate surface area is 137 Å². The van der Waals surface area contributed by atoms with Gasteiger partial charge in [-0.25, -0.2) is 14.6 Å². The van der Waals surface area contributed by atoms with Crippen molar-refractivity contribution < 1.29 is 19.8 Å². The van der Waals surface area contributed by atoms with Crippen LogP contribution in [-0.2, 0) is 4.79 Å². The summed E-state index contributed by atoms with van der Waals surface area (Å²) < 4.78 is 0.962. The molecule has 1 atom stereocenters. The molecule has 0 radical (unpaired) electrons. The number of fused-ring (bicyclic) bond motifs is 1. The fraction of sp³-hybridized carbons (Fsp3) is 0.400. The molecule has 1 heterocycles. The number of hydrogen-bond donors (Lipinski definition) is 4. The minimum Gasteiger partial charge on any atom is -0.479 e. The normalized spacial score (nSPS) is 13.8. The standard InChI is InChI=1S/C15H19N3O4S/c1-8(2)12-18-10-5-4-9(6-11(10)23-12)17-14(21)16-7-15(3,22)13(19)20/h4-6,8,22H,7H2,1-3H3,(H,19,20)(H2,16,17,21). The molecule has 2 amide bonds. The van der Waals surface area contributed by atoms with E-state index in [-0.39, 0.29) is 0 Å². The molecular weight excluding hydrogens is 318 g/mol. The number of thiazole rings is 1. The minimum atomic E-state index is -2.01. The summed E-state index contributed by atoms with van der Waals surface area (Å²) in [6, 6.07) is 4.77. The van der Waals surface area contributed by atoms with Gasteiger partial charge in [0, 0.05) is 11.6 Å². The lowest BCUT2D eigenvalue weighted by Crippen LogP contribution is -2.47. The second-order valence-electron chi connectivity index (χ2n) is 5.78. The first-order valence-corrected chi connectivity index (χ1v) is 7.92. The van der Waals surface area contributed by atoms with E-state index in [1.165, 1.54) is 0 Å². The lowest BCUT2D eigenvalue weighted by Gasteiger charge is -2.18. The van der Waals surface area contributed by atoms with Gasteiger partial charge in [0.2, 0.25) is 0 Å². The van der Waals surface area contributed by atoms with Gasteiger partial charge in [-0.2, -0.15) is 0 Å². The molecule has 0 saturated carbocycles. The van der Waals surface area contributed by atoms with Crippen LogP contribution in [-0.4, -0.2) is 39.3 Å². The topological polar surface area (TPSA) is 112 Å². The predicted octanol–water partition coefficient (Wildman–Crippen LogP) is 2.38. The fourth-order valence-corrected chi connectivity index (χ4v) is 2.78. The first-order valence-electron chi connectivity index (χ1n) is 7.10. The number of amides is 2. The van der Waals surface area contributed by atoms with Gasteiger partial charge in [0.25, 0.3) is 0 Å². The largest absolute Gasteiger partial charge is 0.479 e. The van der Waals surface area contributed by atoms with Crippen molar-refractivity contribution in [3.8, 4) is 0 Å². The van der Waals surface area contributed by atoms with Crippen LogP contribution in [0.3, 0.4) is 0 Å². The molecule has 23 heavy (non-hydrogen) atoms. The van der Waals surface area contributed by atoms with Crippen molar-refractivity contribution in [2.24, 2.45) is 0 Å². The smallest absolute Gasteiger partial charge is 0.337 e. The predicted molar refractivity (Wildman–Crippen MR) is 89.0 cm³/mol. The van der Waals surface area contributed by atoms with Gasteiger partial charge in [-0.1, -0.05) is 13.8 Å². The van der Waals surface area contributed by atoms with Crippen molar-refractivity contribution in [2.75, 3.05) is 11.9 Å². The number of nitrogens with one attached hydrogen (secondary N) is 2. The van der Waals surface area contributed by atoms with Crippen LogP contribution in [0.4, 0.5) is 10.5 Å². The van der Waals surface area contributed by atoms with Gasteiger partial charge in [0.1, 0.15) is 0 Å². The lowest BCUT2D eigenvalue weighted by molar-refractivity contribution is -0.155. The zero-order chi connectivity index (χ0) is 17.2. The van der Waals surface area contributed by atoms with Crippen molar-refractivity contribution in [2.45, 2.75) is 32.3 Å². The third-order valence-electron chi connectivity index (χ3n) is 3.21. The van der Waals surface area contributed by atoms with E-state index in [1.807, 2.05) is 12.1 Å². The van der Waals surface area contributed by atoms with Crippen LogP contribution in [0.25, 0.3) is 10.2 Å². The van der Waals surface area contributed by atoms with Gasteiger partial charge in [0.15, 0.2) is 5.60 Å². The summed E-state index contributed by atoms with van der Waals surface area (Å²) in [5.41, 5.74) is -0.562. The Hall–Kier alpha value is -2.19. The molecular formula is C15H19N3O4S. The van der Waals surface area contributed by atoms with Gasteiger partial charge in [-0.15, -0.1) is 11.3 Å². The number of anilines is 1. The molecule has 0 saturated heterocycles.